The molecule has 0 spiro atoms. The summed E-state index contributed by atoms with van der Waals surface area (Å²) in [5.74, 6) is -1.66. The van der Waals surface area contributed by atoms with Gasteiger partial charge in [-0.2, -0.15) is 0 Å². The van der Waals surface area contributed by atoms with Crippen molar-refractivity contribution in [3.8, 4) is 5.75 Å². The smallest absolute Gasteiger partial charge is 0.267 e. The molecule has 0 N–H and O–H groups in total. The van der Waals surface area contributed by atoms with Crippen LogP contribution >= 0.6 is 0 Å². The monoisotopic (exact) mass is 319 g/mol. The maximum absolute atomic E-state index is 13.4. The zero-order valence-electron chi connectivity index (χ0n) is 13.3. The molecular formula is C18H19F2NO2. The van der Waals surface area contributed by atoms with E-state index in [0.29, 0.717) is 18.0 Å². The van der Waals surface area contributed by atoms with Gasteiger partial charge in [0.25, 0.3) is 5.91 Å². The second-order valence-corrected chi connectivity index (χ2v) is 5.26. The van der Waals surface area contributed by atoms with Crippen LogP contribution in [-0.2, 0) is 4.79 Å². The minimum Gasteiger partial charge on any atom is -0.481 e. The van der Waals surface area contributed by atoms with Gasteiger partial charge in [0.2, 0.25) is 0 Å². The van der Waals surface area contributed by atoms with Gasteiger partial charge in [-0.3, -0.25) is 4.79 Å². The zero-order valence-corrected chi connectivity index (χ0v) is 13.3. The topological polar surface area (TPSA) is 29.5 Å². The van der Waals surface area contributed by atoms with Crippen LogP contribution < -0.4 is 9.64 Å². The van der Waals surface area contributed by atoms with E-state index >= 15 is 0 Å². The largest absolute Gasteiger partial charge is 0.481 e. The first-order chi connectivity index (χ1) is 10.9. The van der Waals surface area contributed by atoms with Crippen LogP contribution in [0.4, 0.5) is 14.5 Å². The van der Waals surface area contributed by atoms with Crippen LogP contribution in [0.15, 0.2) is 42.5 Å². The molecule has 122 valence electrons. The number of rotatable bonds is 5. The van der Waals surface area contributed by atoms with Crippen LogP contribution in [0.3, 0.4) is 0 Å². The second kappa shape index (κ2) is 7.22. The van der Waals surface area contributed by atoms with Crippen molar-refractivity contribution in [1.29, 1.82) is 0 Å². The number of benzene rings is 2. The number of hydrogen-bond acceptors (Lipinski definition) is 2. The van der Waals surface area contributed by atoms with E-state index in [1.54, 1.807) is 19.9 Å². The molecular weight excluding hydrogens is 300 g/mol. The van der Waals surface area contributed by atoms with Gasteiger partial charge in [0.1, 0.15) is 5.75 Å². The molecule has 2 aromatic rings. The summed E-state index contributed by atoms with van der Waals surface area (Å²) in [7, 11) is 0. The summed E-state index contributed by atoms with van der Waals surface area (Å²) < 4.78 is 32.1. The number of ether oxygens (including phenoxy) is 1. The third kappa shape index (κ3) is 4.06. The molecule has 3 nitrogen and oxygen atoms in total. The van der Waals surface area contributed by atoms with Gasteiger partial charge >= 0.3 is 0 Å². The van der Waals surface area contributed by atoms with Crippen molar-refractivity contribution in [1.82, 2.24) is 0 Å². The molecule has 0 aliphatic rings. The van der Waals surface area contributed by atoms with Crippen molar-refractivity contribution in [3.63, 3.8) is 0 Å². The van der Waals surface area contributed by atoms with Crippen molar-refractivity contribution in [2.45, 2.75) is 26.9 Å². The number of anilines is 1. The molecule has 0 bridgehead atoms. The van der Waals surface area contributed by atoms with Gasteiger partial charge in [-0.1, -0.05) is 12.1 Å². The summed E-state index contributed by atoms with van der Waals surface area (Å²) in [6.45, 7) is 5.65. The van der Waals surface area contributed by atoms with E-state index < -0.39 is 17.7 Å². The predicted molar refractivity (Wildman–Crippen MR) is 85.7 cm³/mol. The Labute approximate surface area is 134 Å². The van der Waals surface area contributed by atoms with Crippen LogP contribution in [0.25, 0.3) is 0 Å². The molecule has 1 atom stereocenters. The highest BCUT2D eigenvalue weighted by molar-refractivity contribution is 5.96. The Morgan fingerprint density at radius 1 is 1.17 bits per heavy atom. The Kier molecular flexibility index (Phi) is 5.32. The Morgan fingerprint density at radius 2 is 1.91 bits per heavy atom. The molecule has 0 saturated carbocycles. The summed E-state index contributed by atoms with van der Waals surface area (Å²) in [6, 6.07) is 10.8. The van der Waals surface area contributed by atoms with E-state index in [-0.39, 0.29) is 5.91 Å². The highest BCUT2D eigenvalue weighted by Gasteiger charge is 2.23. The maximum atomic E-state index is 13.4. The molecule has 0 radical (unpaired) electrons. The highest BCUT2D eigenvalue weighted by atomic mass is 19.2. The number of hydrogen-bond donors (Lipinski definition) is 0. The number of aryl methyl sites for hydroxylation is 1. The van der Waals surface area contributed by atoms with E-state index in [9.17, 15) is 13.6 Å². The molecule has 1 amide bonds. The Bertz CT molecular complexity index is 703. The predicted octanol–water partition coefficient (Wildman–Crippen LogP) is 4.09. The first-order valence-electron chi connectivity index (χ1n) is 7.42. The van der Waals surface area contributed by atoms with Gasteiger partial charge in [0.05, 0.1) is 0 Å². The lowest BCUT2D eigenvalue weighted by Crippen LogP contribution is -2.40. The lowest BCUT2D eigenvalue weighted by Gasteiger charge is -2.25. The van der Waals surface area contributed by atoms with Gasteiger partial charge in [-0.05, 0) is 50.6 Å². The summed E-state index contributed by atoms with van der Waals surface area (Å²) in [5.41, 5.74) is 1.33. The van der Waals surface area contributed by atoms with Crippen molar-refractivity contribution in [2.75, 3.05) is 11.4 Å². The fraction of sp³-hybridized carbons (Fsp3) is 0.278. The number of nitrogens with zero attached hydrogens (tertiary/aromatic N) is 1. The number of amides is 1. The Balaban J connectivity index is 2.16. The molecule has 0 fully saturated rings. The number of likely N-dealkylation sites (N-methyl/N-ethyl adjacent to an activating group) is 1. The highest BCUT2D eigenvalue weighted by Crippen LogP contribution is 2.20. The second-order valence-electron chi connectivity index (χ2n) is 5.26. The summed E-state index contributed by atoms with van der Waals surface area (Å²) in [5, 5.41) is 0. The number of carbonyl (C=O) groups excluding carboxylic acids is 1. The van der Waals surface area contributed by atoms with E-state index in [1.807, 2.05) is 25.1 Å². The van der Waals surface area contributed by atoms with Crippen molar-refractivity contribution < 1.29 is 18.3 Å². The Morgan fingerprint density at radius 3 is 2.52 bits per heavy atom. The molecule has 23 heavy (non-hydrogen) atoms. The number of carbonyl (C=O) groups is 1. The van der Waals surface area contributed by atoms with Gasteiger partial charge < -0.3 is 9.64 Å². The van der Waals surface area contributed by atoms with Crippen LogP contribution in [0.1, 0.15) is 19.4 Å². The van der Waals surface area contributed by atoms with Crippen LogP contribution in [0, 0.1) is 18.6 Å². The molecule has 0 heterocycles. The molecule has 0 aromatic heterocycles. The first-order valence-corrected chi connectivity index (χ1v) is 7.42. The van der Waals surface area contributed by atoms with E-state index in [4.69, 9.17) is 4.74 Å². The lowest BCUT2D eigenvalue weighted by atomic mass is 10.2. The normalized spacial score (nSPS) is 11.9. The van der Waals surface area contributed by atoms with E-state index in [1.165, 1.54) is 11.0 Å². The van der Waals surface area contributed by atoms with Crippen LogP contribution in [0.5, 0.6) is 5.75 Å². The fourth-order valence-electron chi connectivity index (χ4n) is 2.28. The van der Waals surface area contributed by atoms with Crippen molar-refractivity contribution in [2.24, 2.45) is 0 Å². The lowest BCUT2D eigenvalue weighted by molar-refractivity contribution is -0.124. The van der Waals surface area contributed by atoms with Crippen molar-refractivity contribution >= 4 is 11.6 Å². The molecule has 2 aromatic carbocycles. The summed E-state index contributed by atoms with van der Waals surface area (Å²) >= 11 is 0. The first kappa shape index (κ1) is 16.9. The van der Waals surface area contributed by atoms with Gasteiger partial charge in [-0.15, -0.1) is 0 Å². The van der Waals surface area contributed by atoms with Crippen LogP contribution in [-0.4, -0.2) is 18.6 Å². The standard InChI is InChI=1S/C18H19F2NO2/c1-4-21(14-8-9-16(19)17(20)11-14)18(22)13(3)23-15-7-5-6-12(2)10-15/h5-11,13H,4H2,1-3H3. The average molecular weight is 319 g/mol. The van der Waals surface area contributed by atoms with E-state index in [2.05, 4.69) is 0 Å². The third-order valence-electron chi connectivity index (χ3n) is 3.45. The Hall–Kier alpha value is -2.43. The van der Waals surface area contributed by atoms with E-state index in [0.717, 1.165) is 17.7 Å². The zero-order chi connectivity index (χ0) is 17.0. The molecule has 0 aliphatic heterocycles. The molecule has 0 saturated heterocycles. The summed E-state index contributed by atoms with van der Waals surface area (Å²) in [4.78, 5) is 13.9. The third-order valence-corrected chi connectivity index (χ3v) is 3.45. The summed E-state index contributed by atoms with van der Waals surface area (Å²) in [6.07, 6.45) is -0.745. The molecule has 2 rings (SSSR count). The fourth-order valence-corrected chi connectivity index (χ4v) is 2.28. The van der Waals surface area contributed by atoms with Gasteiger partial charge in [-0.25, -0.2) is 8.78 Å². The maximum Gasteiger partial charge on any atom is 0.267 e. The SMILES string of the molecule is CCN(C(=O)C(C)Oc1cccc(C)c1)c1ccc(F)c(F)c1. The minimum absolute atomic E-state index is 0.302. The van der Waals surface area contributed by atoms with Crippen LogP contribution in [0.2, 0.25) is 0 Å². The van der Waals surface area contributed by atoms with Crippen molar-refractivity contribution in [3.05, 3.63) is 59.7 Å². The minimum atomic E-state index is -0.985. The average Bonchev–Trinajstić information content (AvgIpc) is 2.51. The van der Waals surface area contributed by atoms with Gasteiger partial charge in [0.15, 0.2) is 17.7 Å². The number of halogens is 2. The molecule has 0 aliphatic carbocycles. The quantitative estimate of drug-likeness (QED) is 0.830. The van der Waals surface area contributed by atoms with Gasteiger partial charge in [0, 0.05) is 18.3 Å². The molecule has 5 heteroatoms. The molecule has 1 unspecified atom stereocenters.